The van der Waals surface area contributed by atoms with E-state index in [9.17, 15) is 62.8 Å². The van der Waals surface area contributed by atoms with E-state index in [1.165, 1.54) is 25.1 Å². The summed E-state index contributed by atoms with van der Waals surface area (Å²) >= 11 is 13.0. The van der Waals surface area contributed by atoms with Crippen LogP contribution in [0, 0.1) is 0 Å². The Morgan fingerprint density at radius 2 is 1.10 bits per heavy atom. The number of hydrogen-bond donors (Lipinski definition) is 10. The Bertz CT molecular complexity index is 2750. The number of halogens is 2. The van der Waals surface area contributed by atoms with Crippen LogP contribution < -0.4 is 20.7 Å². The normalized spacial score (nSPS) is 12.0. The minimum absolute atomic E-state index is 0.0250. The van der Waals surface area contributed by atoms with Crippen molar-refractivity contribution in [3.05, 3.63) is 93.0 Å². The molecule has 1 unspecified atom stereocenters. The molecule has 10 N–H and O–H groups in total. The fraction of sp³-hybridized carbons (Fsp3) is 0.139. The van der Waals surface area contributed by atoms with Crippen LogP contribution in [-0.2, 0) is 10.1 Å². The summed E-state index contributed by atoms with van der Waals surface area (Å²) in [6, 6.07) is 10.9. The van der Waals surface area contributed by atoms with Crippen molar-refractivity contribution >= 4 is 109 Å². The minimum Gasteiger partial charge on any atom is -0.506 e. The molecule has 328 valence electrons. The lowest BCUT2D eigenvalue weighted by atomic mass is 10.1. The van der Waals surface area contributed by atoms with Crippen LogP contribution in [0.25, 0.3) is 0 Å². The van der Waals surface area contributed by atoms with Crippen LogP contribution in [0.1, 0.15) is 54.8 Å². The van der Waals surface area contributed by atoms with Crippen LogP contribution in [0.15, 0.2) is 81.1 Å². The van der Waals surface area contributed by atoms with E-state index in [0.717, 1.165) is 42.5 Å². The summed E-state index contributed by atoms with van der Waals surface area (Å²) in [6.07, 6.45) is -1.39. The lowest BCUT2D eigenvalue weighted by Gasteiger charge is -2.16. The van der Waals surface area contributed by atoms with Crippen molar-refractivity contribution in [3.63, 3.8) is 0 Å². The molecule has 4 aromatic carbocycles. The zero-order chi connectivity index (χ0) is 46.2. The van der Waals surface area contributed by atoms with Crippen molar-refractivity contribution in [2.75, 3.05) is 28.3 Å². The number of azo groups is 2. The first-order valence-electron chi connectivity index (χ1n) is 17.4. The number of nitrogens with one attached hydrogen (secondary N) is 3. The first kappa shape index (κ1) is 46.5. The topological polar surface area (TPSA) is 377 Å². The maximum Gasteiger partial charge on any atom is 0.335 e. The monoisotopic (exact) mass is 928 g/mol. The number of nitrogens with zero attached hydrogens (tertiary/aromatic N) is 7. The van der Waals surface area contributed by atoms with Gasteiger partial charge in [-0.05, 0) is 61.9 Å². The van der Waals surface area contributed by atoms with Crippen LogP contribution in [0.4, 0.5) is 52.0 Å². The number of hydrogen-bond acceptors (Lipinski definition) is 19. The van der Waals surface area contributed by atoms with Gasteiger partial charge in [0.25, 0.3) is 10.1 Å². The Morgan fingerprint density at radius 3 is 1.54 bits per heavy atom. The van der Waals surface area contributed by atoms with Crippen molar-refractivity contribution in [1.82, 2.24) is 15.0 Å². The standard InChI is InChI=1S/C36H30Cl2N10O14S/c1-15(49)39-34-42-35(40-26-11-22(37)24(13-28(26)50)47-45-20-7-16(30(51)52)5-17(8-20)31(53)54)44-36(43-34)41-27-12-23(38)25(14-29(27)62-3-2-4-63(59,60)61)48-46-21-9-18(32(55)56)6-19(10-21)33(57)58/h5-15,49-50H,2-4H2,1H3,(H,51,52)(H,53,54)(H,55,56)(H,57,58)(H,59,60,61)(H3,39,40,41,42,43,44). The molecule has 0 radical (unpaired) electrons. The van der Waals surface area contributed by atoms with Gasteiger partial charge < -0.3 is 51.3 Å². The molecule has 0 aliphatic heterocycles. The van der Waals surface area contributed by atoms with Crippen LogP contribution in [0.2, 0.25) is 10.0 Å². The van der Waals surface area contributed by atoms with Gasteiger partial charge in [-0.1, -0.05) is 23.2 Å². The Kier molecular flexibility index (Phi) is 14.7. The first-order valence-corrected chi connectivity index (χ1v) is 19.8. The third-order valence-electron chi connectivity index (χ3n) is 7.75. The summed E-state index contributed by atoms with van der Waals surface area (Å²) in [7, 11) is -4.35. The van der Waals surface area contributed by atoms with Gasteiger partial charge in [-0.25, -0.2) is 19.2 Å². The molecule has 0 saturated heterocycles. The number of aromatic hydroxyl groups is 1. The Morgan fingerprint density at radius 1 is 0.667 bits per heavy atom. The number of aliphatic hydroxyl groups excluding tert-OH is 1. The van der Waals surface area contributed by atoms with E-state index < -0.39 is 51.7 Å². The summed E-state index contributed by atoms with van der Waals surface area (Å²) in [6.45, 7) is 1.07. The Balaban J connectivity index is 1.48. The predicted molar refractivity (Wildman–Crippen MR) is 222 cm³/mol. The number of ether oxygens (including phenoxy) is 1. The van der Waals surface area contributed by atoms with Crippen LogP contribution in [0.5, 0.6) is 11.5 Å². The SMILES string of the molecule is CC(O)Nc1nc(Nc2cc(Cl)c(N=Nc3cc(C(=O)O)cc(C(=O)O)c3)cc2O)nc(Nc2cc(Cl)c(N=Nc3cc(C(=O)O)cc(C(=O)O)c3)cc2OCCCS(=O)(=O)O)n1. The summed E-state index contributed by atoms with van der Waals surface area (Å²) < 4.78 is 37.6. The predicted octanol–water partition coefficient (Wildman–Crippen LogP) is 7.40. The highest BCUT2D eigenvalue weighted by Crippen LogP contribution is 2.40. The molecule has 0 amide bonds. The van der Waals surface area contributed by atoms with E-state index in [2.05, 4.69) is 51.4 Å². The molecule has 63 heavy (non-hydrogen) atoms. The number of aliphatic hydroxyl groups is 1. The molecule has 5 aromatic rings. The molecule has 1 aromatic heterocycles. The summed E-state index contributed by atoms with van der Waals surface area (Å²) in [5, 5.41) is 82.1. The van der Waals surface area contributed by atoms with Crippen molar-refractivity contribution in [2.45, 2.75) is 19.6 Å². The van der Waals surface area contributed by atoms with E-state index in [-0.39, 0.29) is 103 Å². The number of anilines is 5. The zero-order valence-corrected chi connectivity index (χ0v) is 34.1. The van der Waals surface area contributed by atoms with Crippen LogP contribution in [0.3, 0.4) is 0 Å². The fourth-order valence-corrected chi connectivity index (χ4v) is 5.91. The average molecular weight is 930 g/mol. The molecule has 0 saturated carbocycles. The van der Waals surface area contributed by atoms with Gasteiger partial charge in [-0.2, -0.15) is 33.6 Å². The van der Waals surface area contributed by atoms with Gasteiger partial charge in [0.1, 0.15) is 29.1 Å². The lowest BCUT2D eigenvalue weighted by Crippen LogP contribution is -2.17. The molecule has 0 bridgehead atoms. The van der Waals surface area contributed by atoms with Gasteiger partial charge in [0.05, 0.1) is 67.4 Å². The largest absolute Gasteiger partial charge is 0.506 e. The van der Waals surface area contributed by atoms with Crippen molar-refractivity contribution < 1.29 is 67.5 Å². The number of benzene rings is 4. The first-order chi connectivity index (χ1) is 29.6. The number of carboxylic acid groups (broad SMARTS) is 4. The second kappa shape index (κ2) is 19.9. The highest BCUT2D eigenvalue weighted by molar-refractivity contribution is 7.85. The highest BCUT2D eigenvalue weighted by atomic mass is 35.5. The Labute approximate surface area is 363 Å². The van der Waals surface area contributed by atoms with E-state index in [1.807, 2.05) is 0 Å². The average Bonchev–Trinajstić information content (AvgIpc) is 3.19. The third-order valence-corrected chi connectivity index (χ3v) is 9.16. The zero-order valence-electron chi connectivity index (χ0n) is 31.8. The molecular formula is C36H30Cl2N10O14S. The number of phenolic OH excluding ortho intramolecular Hbond substituents is 1. The van der Waals surface area contributed by atoms with Crippen molar-refractivity contribution in [2.24, 2.45) is 20.5 Å². The summed E-state index contributed by atoms with van der Waals surface area (Å²) in [5.41, 5.74) is -2.07. The van der Waals surface area contributed by atoms with Gasteiger partial charge in [-0.3, -0.25) is 4.55 Å². The molecule has 1 atom stereocenters. The molecule has 0 fully saturated rings. The third kappa shape index (κ3) is 13.2. The molecule has 1 heterocycles. The molecular weight excluding hydrogens is 899 g/mol. The minimum atomic E-state index is -4.35. The maximum absolute atomic E-state index is 11.6. The number of carbonyl (C=O) groups is 4. The fourth-order valence-electron chi connectivity index (χ4n) is 5.02. The number of phenols is 1. The van der Waals surface area contributed by atoms with E-state index in [4.69, 9.17) is 27.9 Å². The molecule has 24 nitrogen and oxygen atoms in total. The quantitative estimate of drug-likeness (QED) is 0.0127. The van der Waals surface area contributed by atoms with Gasteiger partial charge in [0.15, 0.2) is 0 Å². The van der Waals surface area contributed by atoms with E-state index in [1.54, 1.807) is 0 Å². The maximum atomic E-state index is 11.6. The van der Waals surface area contributed by atoms with Crippen molar-refractivity contribution in [3.8, 4) is 11.5 Å². The molecule has 27 heteroatoms. The van der Waals surface area contributed by atoms with E-state index >= 15 is 0 Å². The lowest BCUT2D eigenvalue weighted by molar-refractivity contribution is 0.0676. The summed E-state index contributed by atoms with van der Waals surface area (Å²) in [4.78, 5) is 58.7. The van der Waals surface area contributed by atoms with Crippen LogP contribution >= 0.6 is 23.2 Å². The second-order valence-electron chi connectivity index (χ2n) is 12.6. The van der Waals surface area contributed by atoms with Crippen molar-refractivity contribution in [1.29, 1.82) is 0 Å². The van der Waals surface area contributed by atoms with Gasteiger partial charge in [-0.15, -0.1) is 10.2 Å². The number of aromatic nitrogens is 3. The van der Waals surface area contributed by atoms with Gasteiger partial charge >= 0.3 is 23.9 Å². The molecule has 0 aliphatic rings. The Hall–Kier alpha value is -7.58. The van der Waals surface area contributed by atoms with E-state index in [0.29, 0.717) is 0 Å². The highest BCUT2D eigenvalue weighted by Gasteiger charge is 2.18. The number of rotatable bonds is 19. The van der Waals surface area contributed by atoms with Crippen LogP contribution in [-0.4, -0.2) is 101 Å². The van der Waals surface area contributed by atoms with Gasteiger partial charge in [0.2, 0.25) is 17.8 Å². The molecule has 5 rings (SSSR count). The summed E-state index contributed by atoms with van der Waals surface area (Å²) in [5.74, 6) is -7.61. The molecule has 0 aliphatic carbocycles. The van der Waals surface area contributed by atoms with Gasteiger partial charge in [0, 0.05) is 12.1 Å². The number of carboxylic acids is 4. The number of aromatic carboxylic acids is 4. The smallest absolute Gasteiger partial charge is 0.335 e. The second-order valence-corrected chi connectivity index (χ2v) is 15.0. The molecule has 0 spiro atoms.